The van der Waals surface area contributed by atoms with Gasteiger partial charge in [-0.25, -0.2) is 4.79 Å². The lowest BCUT2D eigenvalue weighted by Crippen LogP contribution is -2.52. The minimum absolute atomic E-state index is 0.0859. The van der Waals surface area contributed by atoms with Crippen LogP contribution in [0.2, 0.25) is 0 Å². The molecule has 2 aliphatic heterocycles. The lowest BCUT2D eigenvalue weighted by Gasteiger charge is -2.38. The van der Waals surface area contributed by atoms with Crippen LogP contribution in [0.4, 0.5) is 4.79 Å². The SMILES string of the molecule is CC1CCCN(C(=O)N2CCCCC2C#N)C1. The normalized spacial score (nSPS) is 29.9. The number of carbonyl (C=O) groups is 1. The highest BCUT2D eigenvalue weighted by Gasteiger charge is 2.31. The molecule has 94 valence electrons. The van der Waals surface area contributed by atoms with Gasteiger partial charge in [0.25, 0.3) is 0 Å². The predicted molar refractivity (Wildman–Crippen MR) is 65.3 cm³/mol. The molecule has 0 aromatic heterocycles. The molecule has 4 nitrogen and oxygen atoms in total. The molecule has 2 rings (SSSR count). The number of hydrogen-bond acceptors (Lipinski definition) is 2. The Labute approximate surface area is 103 Å². The fourth-order valence-electron chi connectivity index (χ4n) is 2.84. The van der Waals surface area contributed by atoms with Gasteiger partial charge in [-0.05, 0) is 38.0 Å². The quantitative estimate of drug-likeness (QED) is 0.646. The minimum Gasteiger partial charge on any atom is -0.324 e. The summed E-state index contributed by atoms with van der Waals surface area (Å²) in [5.41, 5.74) is 0. The number of piperidine rings is 2. The molecule has 2 fully saturated rings. The molecule has 0 N–H and O–H groups in total. The number of nitriles is 1. The highest BCUT2D eigenvalue weighted by atomic mass is 16.2. The Kier molecular flexibility index (Phi) is 3.88. The molecular weight excluding hydrogens is 214 g/mol. The fraction of sp³-hybridized carbons (Fsp3) is 0.846. The number of nitrogens with zero attached hydrogens (tertiary/aromatic N) is 3. The molecule has 0 spiro atoms. The van der Waals surface area contributed by atoms with Crippen LogP contribution in [0.3, 0.4) is 0 Å². The predicted octanol–water partition coefficient (Wildman–Crippen LogP) is 2.22. The van der Waals surface area contributed by atoms with Crippen molar-refractivity contribution in [3.63, 3.8) is 0 Å². The zero-order valence-corrected chi connectivity index (χ0v) is 10.6. The molecule has 4 heteroatoms. The molecule has 2 amide bonds. The Hall–Kier alpha value is -1.24. The van der Waals surface area contributed by atoms with Crippen molar-refractivity contribution in [2.75, 3.05) is 19.6 Å². The zero-order valence-electron chi connectivity index (χ0n) is 10.6. The number of urea groups is 1. The van der Waals surface area contributed by atoms with Crippen LogP contribution in [-0.4, -0.2) is 41.5 Å². The maximum absolute atomic E-state index is 12.4. The first-order valence-corrected chi connectivity index (χ1v) is 6.67. The maximum Gasteiger partial charge on any atom is 0.321 e. The van der Waals surface area contributed by atoms with Gasteiger partial charge in [-0.2, -0.15) is 5.26 Å². The van der Waals surface area contributed by atoms with E-state index in [0.717, 1.165) is 45.3 Å². The molecule has 2 atom stereocenters. The van der Waals surface area contributed by atoms with E-state index in [-0.39, 0.29) is 12.1 Å². The number of amides is 2. The average Bonchev–Trinajstić information content (AvgIpc) is 2.38. The first-order valence-electron chi connectivity index (χ1n) is 6.67. The van der Waals surface area contributed by atoms with Gasteiger partial charge in [0.15, 0.2) is 0 Å². The number of rotatable bonds is 0. The topological polar surface area (TPSA) is 47.3 Å². The molecule has 0 aliphatic carbocycles. The third-order valence-corrected chi connectivity index (χ3v) is 3.83. The summed E-state index contributed by atoms with van der Waals surface area (Å²) in [6.07, 6.45) is 5.25. The lowest BCUT2D eigenvalue weighted by atomic mass is 10.00. The summed E-state index contributed by atoms with van der Waals surface area (Å²) >= 11 is 0. The van der Waals surface area contributed by atoms with Gasteiger partial charge in [-0.3, -0.25) is 0 Å². The summed E-state index contributed by atoms with van der Waals surface area (Å²) in [5.74, 6) is 0.595. The van der Waals surface area contributed by atoms with Crippen molar-refractivity contribution in [1.29, 1.82) is 5.26 Å². The van der Waals surface area contributed by atoms with E-state index in [4.69, 9.17) is 5.26 Å². The van der Waals surface area contributed by atoms with E-state index in [0.29, 0.717) is 5.92 Å². The monoisotopic (exact) mass is 235 g/mol. The number of carbonyl (C=O) groups excluding carboxylic acids is 1. The van der Waals surface area contributed by atoms with Gasteiger partial charge >= 0.3 is 6.03 Å². The fourth-order valence-corrected chi connectivity index (χ4v) is 2.84. The van der Waals surface area contributed by atoms with Crippen molar-refractivity contribution < 1.29 is 4.79 Å². The van der Waals surface area contributed by atoms with Crippen LogP contribution < -0.4 is 0 Å². The van der Waals surface area contributed by atoms with Gasteiger partial charge in [0.2, 0.25) is 0 Å². The largest absolute Gasteiger partial charge is 0.324 e. The molecule has 2 heterocycles. The first kappa shape index (κ1) is 12.2. The summed E-state index contributed by atoms with van der Waals surface area (Å²) in [7, 11) is 0. The van der Waals surface area contributed by atoms with Crippen LogP contribution in [0.1, 0.15) is 39.0 Å². The van der Waals surface area contributed by atoms with Gasteiger partial charge in [0.1, 0.15) is 6.04 Å². The van der Waals surface area contributed by atoms with Gasteiger partial charge < -0.3 is 9.80 Å². The van der Waals surface area contributed by atoms with Crippen LogP contribution in [0, 0.1) is 17.2 Å². The summed E-state index contributed by atoms with van der Waals surface area (Å²) < 4.78 is 0. The molecular formula is C13H21N3O. The zero-order chi connectivity index (χ0) is 12.3. The van der Waals surface area contributed by atoms with Crippen molar-refractivity contribution in [2.24, 2.45) is 5.92 Å². The van der Waals surface area contributed by atoms with Crippen LogP contribution in [0.15, 0.2) is 0 Å². The molecule has 0 aromatic rings. The summed E-state index contributed by atoms with van der Waals surface area (Å²) in [5, 5.41) is 9.10. The Morgan fingerprint density at radius 2 is 2.06 bits per heavy atom. The van der Waals surface area contributed by atoms with Gasteiger partial charge in [-0.15, -0.1) is 0 Å². The van der Waals surface area contributed by atoms with E-state index in [9.17, 15) is 4.79 Å². The van der Waals surface area contributed by atoms with Crippen LogP contribution in [-0.2, 0) is 0 Å². The van der Waals surface area contributed by atoms with Gasteiger partial charge in [-0.1, -0.05) is 6.92 Å². The highest BCUT2D eigenvalue weighted by molar-refractivity contribution is 5.75. The Morgan fingerprint density at radius 1 is 1.24 bits per heavy atom. The van der Waals surface area contributed by atoms with Crippen LogP contribution >= 0.6 is 0 Å². The van der Waals surface area contributed by atoms with Crippen molar-refractivity contribution in [1.82, 2.24) is 9.80 Å². The van der Waals surface area contributed by atoms with Gasteiger partial charge in [0.05, 0.1) is 6.07 Å². The standard InChI is InChI=1S/C13H21N3O/c1-11-5-4-7-15(10-11)13(17)16-8-3-2-6-12(16)9-14/h11-12H,2-8,10H2,1H3. The first-order chi connectivity index (χ1) is 8.22. The molecule has 17 heavy (non-hydrogen) atoms. The van der Waals surface area contributed by atoms with E-state index in [2.05, 4.69) is 13.0 Å². The highest BCUT2D eigenvalue weighted by Crippen LogP contribution is 2.21. The van der Waals surface area contributed by atoms with Crippen molar-refractivity contribution in [3.8, 4) is 6.07 Å². The van der Waals surface area contributed by atoms with Crippen molar-refractivity contribution in [3.05, 3.63) is 0 Å². The summed E-state index contributed by atoms with van der Waals surface area (Å²) in [6, 6.07) is 2.15. The van der Waals surface area contributed by atoms with E-state index < -0.39 is 0 Å². The molecule has 0 radical (unpaired) electrons. The van der Waals surface area contributed by atoms with E-state index in [1.807, 2.05) is 4.90 Å². The summed E-state index contributed by atoms with van der Waals surface area (Å²) in [6.45, 7) is 4.66. The van der Waals surface area contributed by atoms with E-state index in [1.54, 1.807) is 4.90 Å². The molecule has 2 unspecified atom stereocenters. The average molecular weight is 235 g/mol. The number of hydrogen-bond donors (Lipinski definition) is 0. The van der Waals surface area contributed by atoms with Crippen molar-refractivity contribution in [2.45, 2.75) is 45.1 Å². The van der Waals surface area contributed by atoms with Crippen molar-refractivity contribution >= 4 is 6.03 Å². The Morgan fingerprint density at radius 3 is 2.76 bits per heavy atom. The number of likely N-dealkylation sites (tertiary alicyclic amines) is 2. The smallest absolute Gasteiger partial charge is 0.321 e. The lowest BCUT2D eigenvalue weighted by molar-refractivity contribution is 0.112. The molecule has 0 saturated carbocycles. The van der Waals surface area contributed by atoms with E-state index >= 15 is 0 Å². The molecule has 2 saturated heterocycles. The second-order valence-corrected chi connectivity index (χ2v) is 5.31. The van der Waals surface area contributed by atoms with Crippen LogP contribution in [0.25, 0.3) is 0 Å². The maximum atomic E-state index is 12.4. The van der Waals surface area contributed by atoms with E-state index in [1.165, 1.54) is 6.42 Å². The third kappa shape index (κ3) is 2.71. The Balaban J connectivity index is 2.00. The Bertz CT molecular complexity index is 323. The molecule has 0 bridgehead atoms. The summed E-state index contributed by atoms with van der Waals surface area (Å²) in [4.78, 5) is 16.1. The van der Waals surface area contributed by atoms with Gasteiger partial charge in [0, 0.05) is 19.6 Å². The molecule has 0 aromatic carbocycles. The second-order valence-electron chi connectivity index (χ2n) is 5.31. The molecule has 2 aliphatic rings. The third-order valence-electron chi connectivity index (χ3n) is 3.83. The van der Waals surface area contributed by atoms with Crippen LogP contribution in [0.5, 0.6) is 0 Å². The minimum atomic E-state index is -0.200. The second kappa shape index (κ2) is 5.39.